The topological polar surface area (TPSA) is 151 Å². The van der Waals surface area contributed by atoms with Crippen LogP contribution >= 0.6 is 0 Å². The molecule has 0 amide bonds. The molecular formula is C27H53NO13. The Balaban J connectivity index is 1.61. The molecule has 1 aliphatic rings. The summed E-state index contributed by atoms with van der Waals surface area (Å²) in [6.45, 7) is 11.5. The van der Waals surface area contributed by atoms with E-state index in [0.717, 1.165) is 25.9 Å². The Hall–Kier alpha value is -1.01. The number of rotatable bonds is 33. The van der Waals surface area contributed by atoms with E-state index >= 15 is 0 Å². The Morgan fingerprint density at radius 1 is 0.463 bits per heavy atom. The minimum absolute atomic E-state index is 0.244. The Labute approximate surface area is 244 Å². The zero-order valence-electron chi connectivity index (χ0n) is 24.6. The van der Waals surface area contributed by atoms with Crippen molar-refractivity contribution in [2.75, 3.05) is 152 Å². The summed E-state index contributed by atoms with van der Waals surface area (Å²) in [7, 11) is 0. The van der Waals surface area contributed by atoms with Crippen molar-refractivity contribution >= 4 is 5.97 Å². The summed E-state index contributed by atoms with van der Waals surface area (Å²) in [5, 5.41) is 11.7. The van der Waals surface area contributed by atoms with Gasteiger partial charge in [-0.25, -0.2) is 4.79 Å². The molecule has 2 N–H and O–H groups in total. The third kappa shape index (κ3) is 30.3. The van der Waals surface area contributed by atoms with Crippen LogP contribution in [0.3, 0.4) is 0 Å². The van der Waals surface area contributed by atoms with Crippen LogP contribution in [0.4, 0.5) is 0 Å². The van der Waals surface area contributed by atoms with Crippen molar-refractivity contribution in [1.82, 2.24) is 5.32 Å². The van der Waals surface area contributed by atoms with Crippen LogP contribution in [0.15, 0.2) is 0 Å². The van der Waals surface area contributed by atoms with Gasteiger partial charge in [0.05, 0.1) is 138 Å². The largest absolute Gasteiger partial charge is 0.480 e. The van der Waals surface area contributed by atoms with Gasteiger partial charge in [-0.3, -0.25) is 0 Å². The van der Waals surface area contributed by atoms with E-state index in [0.29, 0.717) is 132 Å². The molecule has 0 aromatic carbocycles. The van der Waals surface area contributed by atoms with Crippen LogP contribution in [-0.4, -0.2) is 169 Å². The van der Waals surface area contributed by atoms with Crippen LogP contribution in [0.2, 0.25) is 0 Å². The van der Waals surface area contributed by atoms with E-state index in [2.05, 4.69) is 5.32 Å². The molecule has 1 rings (SSSR count). The van der Waals surface area contributed by atoms with Gasteiger partial charge in [0.25, 0.3) is 0 Å². The number of piperidine rings is 1. The molecule has 0 radical (unpaired) electrons. The molecule has 1 saturated heterocycles. The van der Waals surface area contributed by atoms with Gasteiger partial charge < -0.3 is 62.5 Å². The summed E-state index contributed by atoms with van der Waals surface area (Å²) in [6, 6.07) is 0. The van der Waals surface area contributed by atoms with E-state index in [1.165, 1.54) is 0 Å². The number of ether oxygens (including phenoxy) is 11. The van der Waals surface area contributed by atoms with Crippen molar-refractivity contribution in [3.8, 4) is 0 Å². The van der Waals surface area contributed by atoms with Crippen LogP contribution in [0, 0.1) is 0 Å². The molecule has 244 valence electrons. The van der Waals surface area contributed by atoms with Gasteiger partial charge in [-0.2, -0.15) is 0 Å². The minimum atomic E-state index is -0.994. The lowest BCUT2D eigenvalue weighted by molar-refractivity contribution is -0.142. The summed E-state index contributed by atoms with van der Waals surface area (Å²) < 4.78 is 59.5. The lowest BCUT2D eigenvalue weighted by atomic mass is 10.1. The van der Waals surface area contributed by atoms with Gasteiger partial charge in [0.1, 0.15) is 6.61 Å². The highest BCUT2D eigenvalue weighted by Crippen LogP contribution is 2.06. The smallest absolute Gasteiger partial charge is 0.329 e. The van der Waals surface area contributed by atoms with Crippen LogP contribution in [0.5, 0.6) is 0 Å². The van der Waals surface area contributed by atoms with E-state index in [9.17, 15) is 4.79 Å². The fourth-order valence-corrected chi connectivity index (χ4v) is 3.37. The summed E-state index contributed by atoms with van der Waals surface area (Å²) >= 11 is 0. The van der Waals surface area contributed by atoms with Gasteiger partial charge in [-0.05, 0) is 25.9 Å². The first-order valence-electron chi connectivity index (χ1n) is 14.6. The number of hydrogen-bond acceptors (Lipinski definition) is 13. The van der Waals surface area contributed by atoms with Crippen molar-refractivity contribution in [2.24, 2.45) is 0 Å². The second-order valence-electron chi connectivity index (χ2n) is 8.78. The number of nitrogens with one attached hydrogen (secondary N) is 1. The van der Waals surface area contributed by atoms with Gasteiger partial charge in [-0.1, -0.05) is 0 Å². The molecule has 14 nitrogen and oxygen atoms in total. The molecule has 0 saturated carbocycles. The molecule has 0 unspecified atom stereocenters. The highest BCUT2D eigenvalue weighted by Gasteiger charge is 2.12. The summed E-state index contributed by atoms with van der Waals surface area (Å²) in [6.07, 6.45) is 2.52. The SMILES string of the molecule is O=C(O)COCCOCCOCCOCCOCCOCCOCCOCCOCCOCCOC1CCNCC1. The molecule has 0 spiro atoms. The molecule has 0 aromatic heterocycles. The molecule has 0 bridgehead atoms. The van der Waals surface area contributed by atoms with Crippen molar-refractivity contribution in [3.63, 3.8) is 0 Å². The lowest BCUT2D eigenvalue weighted by Crippen LogP contribution is -2.33. The summed E-state index contributed by atoms with van der Waals surface area (Å²) in [5.41, 5.74) is 0. The number of carboxylic acid groups (broad SMARTS) is 1. The molecule has 14 heteroatoms. The van der Waals surface area contributed by atoms with Crippen LogP contribution in [-0.2, 0) is 56.9 Å². The molecule has 1 aliphatic heterocycles. The fourth-order valence-electron chi connectivity index (χ4n) is 3.37. The highest BCUT2D eigenvalue weighted by molar-refractivity contribution is 5.67. The highest BCUT2D eigenvalue weighted by atomic mass is 16.6. The van der Waals surface area contributed by atoms with Crippen molar-refractivity contribution in [1.29, 1.82) is 0 Å². The van der Waals surface area contributed by atoms with Crippen molar-refractivity contribution in [2.45, 2.75) is 18.9 Å². The first kappa shape index (κ1) is 38.0. The molecular weight excluding hydrogens is 546 g/mol. The van der Waals surface area contributed by atoms with E-state index in [-0.39, 0.29) is 13.2 Å². The Morgan fingerprint density at radius 2 is 0.732 bits per heavy atom. The third-order valence-corrected chi connectivity index (χ3v) is 5.44. The van der Waals surface area contributed by atoms with Gasteiger partial charge in [0.15, 0.2) is 0 Å². The van der Waals surface area contributed by atoms with Crippen molar-refractivity contribution < 1.29 is 62.0 Å². The maximum absolute atomic E-state index is 10.3. The average Bonchev–Trinajstić information content (AvgIpc) is 2.98. The van der Waals surface area contributed by atoms with E-state index in [4.69, 9.17) is 57.2 Å². The van der Waals surface area contributed by atoms with E-state index in [1.807, 2.05) is 0 Å². The summed E-state index contributed by atoms with van der Waals surface area (Å²) in [5.74, 6) is -0.994. The summed E-state index contributed by atoms with van der Waals surface area (Å²) in [4.78, 5) is 10.3. The predicted octanol–water partition coefficient (Wildman–Crippen LogP) is 0.00560. The minimum Gasteiger partial charge on any atom is -0.480 e. The van der Waals surface area contributed by atoms with Crippen molar-refractivity contribution in [3.05, 3.63) is 0 Å². The molecule has 41 heavy (non-hydrogen) atoms. The van der Waals surface area contributed by atoms with E-state index in [1.54, 1.807) is 0 Å². The Kier molecular flexibility index (Phi) is 29.6. The third-order valence-electron chi connectivity index (χ3n) is 5.44. The van der Waals surface area contributed by atoms with Crippen LogP contribution < -0.4 is 5.32 Å². The van der Waals surface area contributed by atoms with E-state index < -0.39 is 5.97 Å². The quantitative estimate of drug-likeness (QED) is 0.0974. The predicted molar refractivity (Wildman–Crippen MR) is 148 cm³/mol. The maximum atomic E-state index is 10.3. The average molecular weight is 600 g/mol. The molecule has 0 aromatic rings. The number of aliphatic carboxylic acids is 1. The molecule has 0 aliphatic carbocycles. The second-order valence-corrected chi connectivity index (χ2v) is 8.78. The monoisotopic (exact) mass is 599 g/mol. The van der Waals surface area contributed by atoms with Crippen LogP contribution in [0.1, 0.15) is 12.8 Å². The first-order chi connectivity index (χ1) is 20.3. The van der Waals surface area contributed by atoms with Gasteiger partial charge in [0, 0.05) is 0 Å². The maximum Gasteiger partial charge on any atom is 0.329 e. The molecule has 1 fully saturated rings. The first-order valence-corrected chi connectivity index (χ1v) is 14.6. The standard InChI is InChI=1S/C27H53NO13/c29-27(30)25-40-22-21-38-18-17-36-14-13-34-10-9-32-6-5-31-7-8-33-11-12-35-15-16-37-19-20-39-23-24-41-26-1-3-28-4-2-26/h26,28H,1-25H2,(H,29,30). The second kappa shape index (κ2) is 31.9. The normalized spacial score (nSPS) is 14.1. The molecule has 1 heterocycles. The van der Waals surface area contributed by atoms with Gasteiger partial charge in [-0.15, -0.1) is 0 Å². The fraction of sp³-hybridized carbons (Fsp3) is 0.963. The Morgan fingerprint density at radius 3 is 1.02 bits per heavy atom. The Bertz CT molecular complexity index is 541. The molecule has 0 atom stereocenters. The van der Waals surface area contributed by atoms with Crippen LogP contribution in [0.25, 0.3) is 0 Å². The zero-order chi connectivity index (χ0) is 29.3. The lowest BCUT2D eigenvalue weighted by Gasteiger charge is -2.22. The van der Waals surface area contributed by atoms with Gasteiger partial charge >= 0.3 is 5.97 Å². The number of carboxylic acids is 1. The van der Waals surface area contributed by atoms with Gasteiger partial charge in [0.2, 0.25) is 0 Å². The number of carbonyl (C=O) groups is 1. The number of hydrogen-bond donors (Lipinski definition) is 2. The zero-order valence-corrected chi connectivity index (χ0v) is 24.6.